The quantitative estimate of drug-likeness (QED) is 0.814. The highest BCUT2D eigenvalue weighted by molar-refractivity contribution is 7.91. The summed E-state index contributed by atoms with van der Waals surface area (Å²) in [4.78, 5) is 16.2. The molecule has 3 rings (SSSR count). The lowest BCUT2D eigenvalue weighted by molar-refractivity contribution is -0.135. The minimum Gasteiger partial charge on any atom is -0.366 e. The van der Waals surface area contributed by atoms with Crippen molar-refractivity contribution in [1.82, 2.24) is 4.90 Å². The molecular formula is C16H21FN2O3S. The number of nitrogens with zero attached hydrogens (tertiary/aromatic N) is 2. The Morgan fingerprint density at radius 2 is 1.83 bits per heavy atom. The van der Waals surface area contributed by atoms with E-state index in [0.717, 1.165) is 0 Å². The number of sulfone groups is 1. The second-order valence-corrected chi connectivity index (χ2v) is 8.45. The molecule has 0 radical (unpaired) electrons. The zero-order valence-electron chi connectivity index (χ0n) is 12.9. The third-order valence-electron chi connectivity index (χ3n) is 4.60. The topological polar surface area (TPSA) is 57.7 Å². The van der Waals surface area contributed by atoms with Crippen LogP contribution in [-0.2, 0) is 14.6 Å². The van der Waals surface area contributed by atoms with Gasteiger partial charge in [0, 0.05) is 26.2 Å². The molecule has 0 aliphatic carbocycles. The number of amides is 1. The van der Waals surface area contributed by atoms with Crippen LogP contribution >= 0.6 is 0 Å². The van der Waals surface area contributed by atoms with Crippen LogP contribution in [0.15, 0.2) is 24.3 Å². The van der Waals surface area contributed by atoms with Gasteiger partial charge >= 0.3 is 0 Å². The van der Waals surface area contributed by atoms with Gasteiger partial charge in [-0.3, -0.25) is 4.79 Å². The summed E-state index contributed by atoms with van der Waals surface area (Å²) in [7, 11) is -3.08. The molecule has 1 aromatic rings. The lowest BCUT2D eigenvalue weighted by Gasteiger charge is -2.38. The van der Waals surface area contributed by atoms with Crippen molar-refractivity contribution in [3.8, 4) is 0 Å². The van der Waals surface area contributed by atoms with E-state index in [1.807, 2.05) is 4.90 Å². The second-order valence-electron chi connectivity index (χ2n) is 6.22. The van der Waals surface area contributed by atoms with Crippen LogP contribution < -0.4 is 4.90 Å². The van der Waals surface area contributed by atoms with E-state index in [1.54, 1.807) is 23.1 Å². The smallest absolute Gasteiger partial charge is 0.226 e. The summed E-state index contributed by atoms with van der Waals surface area (Å²) >= 11 is 0. The first-order chi connectivity index (χ1) is 11.0. The number of rotatable bonds is 2. The third-order valence-corrected chi connectivity index (χ3v) is 6.42. The normalized spacial score (nSPS) is 24.5. The molecule has 0 spiro atoms. The molecule has 1 amide bonds. The third kappa shape index (κ3) is 3.65. The Hall–Kier alpha value is -1.63. The predicted molar refractivity (Wildman–Crippen MR) is 86.6 cm³/mol. The molecule has 0 aromatic heterocycles. The van der Waals surface area contributed by atoms with Gasteiger partial charge in [-0.15, -0.1) is 0 Å². The minimum absolute atomic E-state index is 0.0284. The molecule has 0 bridgehead atoms. The minimum atomic E-state index is -3.08. The largest absolute Gasteiger partial charge is 0.366 e. The van der Waals surface area contributed by atoms with Crippen LogP contribution in [0, 0.1) is 11.7 Å². The highest BCUT2D eigenvalue weighted by Gasteiger charge is 2.33. The van der Waals surface area contributed by atoms with E-state index >= 15 is 0 Å². The van der Waals surface area contributed by atoms with Crippen LogP contribution in [0.25, 0.3) is 0 Å². The van der Waals surface area contributed by atoms with Crippen LogP contribution in [0.4, 0.5) is 10.1 Å². The molecule has 2 aliphatic rings. The van der Waals surface area contributed by atoms with Crippen LogP contribution in [0.1, 0.15) is 12.8 Å². The molecule has 2 heterocycles. The monoisotopic (exact) mass is 340 g/mol. The van der Waals surface area contributed by atoms with E-state index in [-0.39, 0.29) is 23.2 Å². The van der Waals surface area contributed by atoms with E-state index in [4.69, 9.17) is 0 Å². The Morgan fingerprint density at radius 3 is 2.48 bits per heavy atom. The summed E-state index contributed by atoms with van der Waals surface area (Å²) in [6, 6.07) is 6.62. The molecule has 1 atom stereocenters. The van der Waals surface area contributed by atoms with E-state index in [9.17, 15) is 17.6 Å². The molecule has 0 saturated carbocycles. The number of carbonyl (C=O) groups excluding carboxylic acids is 1. The molecule has 2 fully saturated rings. The van der Waals surface area contributed by atoms with Crippen molar-refractivity contribution in [2.24, 2.45) is 5.92 Å². The van der Waals surface area contributed by atoms with Gasteiger partial charge in [-0.2, -0.15) is 0 Å². The van der Waals surface area contributed by atoms with E-state index in [2.05, 4.69) is 0 Å². The van der Waals surface area contributed by atoms with Crippen LogP contribution in [0.5, 0.6) is 0 Å². The molecule has 2 saturated heterocycles. The summed E-state index contributed by atoms with van der Waals surface area (Å²) in [5.74, 6) is -0.571. The maximum atomic E-state index is 13.8. The molecule has 1 aromatic carbocycles. The zero-order chi connectivity index (χ0) is 16.4. The van der Waals surface area contributed by atoms with Crippen molar-refractivity contribution in [2.75, 3.05) is 42.6 Å². The number of piperazine rings is 1. The van der Waals surface area contributed by atoms with Gasteiger partial charge < -0.3 is 9.80 Å². The average molecular weight is 340 g/mol. The maximum absolute atomic E-state index is 13.8. The standard InChI is InChI=1S/C16H21FN2O3S/c17-14-5-1-2-6-15(14)18-7-9-19(10-8-18)16(20)13-4-3-11-23(21,22)12-13/h1-2,5-6,13H,3-4,7-12H2. The highest BCUT2D eigenvalue weighted by Crippen LogP contribution is 2.23. The fourth-order valence-corrected chi connectivity index (χ4v) is 5.05. The summed E-state index contributed by atoms with van der Waals surface area (Å²) in [5.41, 5.74) is 0.555. The first kappa shape index (κ1) is 16.2. The second kappa shape index (κ2) is 6.47. The number of anilines is 1. The van der Waals surface area contributed by atoms with Crippen LogP contribution in [0.2, 0.25) is 0 Å². The maximum Gasteiger partial charge on any atom is 0.226 e. The number of hydrogen-bond acceptors (Lipinski definition) is 4. The lowest BCUT2D eigenvalue weighted by Crippen LogP contribution is -2.51. The van der Waals surface area contributed by atoms with Gasteiger partial charge in [-0.25, -0.2) is 12.8 Å². The van der Waals surface area contributed by atoms with Gasteiger partial charge in [0.1, 0.15) is 5.82 Å². The van der Waals surface area contributed by atoms with Gasteiger partial charge in [-0.1, -0.05) is 12.1 Å². The number of hydrogen-bond donors (Lipinski definition) is 0. The molecule has 2 aliphatic heterocycles. The molecule has 1 unspecified atom stereocenters. The van der Waals surface area contributed by atoms with Crippen molar-refractivity contribution in [2.45, 2.75) is 12.8 Å². The van der Waals surface area contributed by atoms with E-state index in [0.29, 0.717) is 44.7 Å². The first-order valence-electron chi connectivity index (χ1n) is 7.95. The molecular weight excluding hydrogens is 319 g/mol. The van der Waals surface area contributed by atoms with Crippen molar-refractivity contribution in [1.29, 1.82) is 0 Å². The fourth-order valence-electron chi connectivity index (χ4n) is 3.35. The molecule has 126 valence electrons. The first-order valence-corrected chi connectivity index (χ1v) is 9.77. The Bertz CT molecular complexity index is 684. The number of halogens is 1. The van der Waals surface area contributed by atoms with Gasteiger partial charge in [0.05, 0.1) is 23.1 Å². The average Bonchev–Trinajstić information content (AvgIpc) is 2.54. The van der Waals surface area contributed by atoms with Gasteiger partial charge in [0.15, 0.2) is 9.84 Å². The Balaban J connectivity index is 1.60. The summed E-state index contributed by atoms with van der Waals surface area (Å²) in [5, 5.41) is 0. The van der Waals surface area contributed by atoms with Gasteiger partial charge in [-0.05, 0) is 25.0 Å². The Labute approximate surface area is 136 Å². The number of carbonyl (C=O) groups is 1. The molecule has 7 heteroatoms. The molecule has 23 heavy (non-hydrogen) atoms. The van der Waals surface area contributed by atoms with Crippen molar-refractivity contribution in [3.63, 3.8) is 0 Å². The summed E-state index contributed by atoms with van der Waals surface area (Å²) in [6.45, 7) is 2.13. The van der Waals surface area contributed by atoms with Crippen molar-refractivity contribution >= 4 is 21.4 Å². The summed E-state index contributed by atoms with van der Waals surface area (Å²) in [6.07, 6.45) is 1.21. The van der Waals surface area contributed by atoms with Crippen molar-refractivity contribution < 1.29 is 17.6 Å². The number of benzene rings is 1. The van der Waals surface area contributed by atoms with E-state index in [1.165, 1.54) is 6.07 Å². The lowest BCUT2D eigenvalue weighted by atomic mass is 10.0. The number of para-hydroxylation sites is 1. The fraction of sp³-hybridized carbons (Fsp3) is 0.562. The van der Waals surface area contributed by atoms with E-state index < -0.39 is 15.8 Å². The molecule has 0 N–H and O–H groups in total. The summed E-state index contributed by atoms with van der Waals surface area (Å²) < 4.78 is 37.2. The zero-order valence-corrected chi connectivity index (χ0v) is 13.8. The van der Waals surface area contributed by atoms with Crippen molar-refractivity contribution in [3.05, 3.63) is 30.1 Å². The Morgan fingerprint density at radius 1 is 1.13 bits per heavy atom. The SMILES string of the molecule is O=C(C1CCCS(=O)(=O)C1)N1CCN(c2ccccc2F)CC1. The molecule has 5 nitrogen and oxygen atoms in total. The Kier molecular flexibility index (Phi) is 4.57. The van der Waals surface area contributed by atoms with Gasteiger partial charge in [0.2, 0.25) is 5.91 Å². The van der Waals surface area contributed by atoms with Crippen LogP contribution in [-0.4, -0.2) is 56.9 Å². The highest BCUT2D eigenvalue weighted by atomic mass is 32.2. The van der Waals surface area contributed by atoms with Crippen LogP contribution in [0.3, 0.4) is 0 Å². The predicted octanol–water partition coefficient (Wildman–Crippen LogP) is 1.30. The van der Waals surface area contributed by atoms with Gasteiger partial charge in [0.25, 0.3) is 0 Å².